The van der Waals surface area contributed by atoms with Gasteiger partial charge in [0.2, 0.25) is 0 Å². The van der Waals surface area contributed by atoms with Crippen LogP contribution in [0, 0.1) is 25.2 Å². The lowest BCUT2D eigenvalue weighted by Gasteiger charge is -2.37. The van der Waals surface area contributed by atoms with E-state index in [1.165, 1.54) is 4.90 Å². The van der Waals surface area contributed by atoms with E-state index in [1.807, 2.05) is 38.1 Å². The lowest BCUT2D eigenvalue weighted by molar-refractivity contribution is -0.133. The molecule has 7 heteroatoms. The summed E-state index contributed by atoms with van der Waals surface area (Å²) in [5.41, 5.74) is 3.13. The first kappa shape index (κ1) is 20.6. The number of hydrogen-bond donors (Lipinski definition) is 1. The van der Waals surface area contributed by atoms with Crippen LogP contribution in [0.5, 0.6) is 0 Å². The molecule has 0 saturated carbocycles. The van der Waals surface area contributed by atoms with Gasteiger partial charge in [-0.1, -0.05) is 23.8 Å². The normalized spacial score (nSPS) is 17.6. The van der Waals surface area contributed by atoms with Crippen molar-refractivity contribution in [2.24, 2.45) is 0 Å². The van der Waals surface area contributed by atoms with Gasteiger partial charge in [-0.2, -0.15) is 5.26 Å². The average molecular weight is 416 g/mol. The van der Waals surface area contributed by atoms with E-state index in [-0.39, 0.29) is 24.4 Å². The van der Waals surface area contributed by atoms with E-state index in [4.69, 9.17) is 5.26 Å². The Morgan fingerprint density at radius 1 is 1.10 bits per heavy atom. The van der Waals surface area contributed by atoms with E-state index in [9.17, 15) is 14.4 Å². The lowest BCUT2D eigenvalue weighted by atomic mass is 9.87. The Morgan fingerprint density at radius 3 is 2.42 bits per heavy atom. The average Bonchev–Trinajstić information content (AvgIpc) is 3.00. The van der Waals surface area contributed by atoms with Crippen LogP contribution in [0.3, 0.4) is 0 Å². The van der Waals surface area contributed by atoms with Gasteiger partial charge >= 0.3 is 6.03 Å². The number of benzene rings is 2. The molecule has 0 radical (unpaired) electrons. The van der Waals surface area contributed by atoms with Crippen molar-refractivity contribution >= 4 is 17.8 Å². The maximum absolute atomic E-state index is 13.2. The third-order valence-electron chi connectivity index (χ3n) is 6.24. The number of hydrogen-bond acceptors (Lipinski definition) is 4. The highest BCUT2D eigenvalue weighted by Gasteiger charge is 2.52. The molecule has 2 fully saturated rings. The summed E-state index contributed by atoms with van der Waals surface area (Å²) in [7, 11) is 0. The molecule has 4 amide bonds. The molecule has 0 aliphatic carbocycles. The van der Waals surface area contributed by atoms with Crippen LogP contribution in [0.15, 0.2) is 42.5 Å². The smallest absolute Gasteiger partial charge is 0.325 e. The molecular formula is C24H24N4O3. The number of likely N-dealkylation sites (tertiary alicyclic amines) is 1. The van der Waals surface area contributed by atoms with Gasteiger partial charge in [0.15, 0.2) is 0 Å². The minimum atomic E-state index is -0.948. The first-order chi connectivity index (χ1) is 14.8. The van der Waals surface area contributed by atoms with Crippen molar-refractivity contribution in [1.82, 2.24) is 15.1 Å². The molecule has 2 saturated heterocycles. The molecule has 2 aliphatic rings. The zero-order valence-corrected chi connectivity index (χ0v) is 17.6. The van der Waals surface area contributed by atoms with E-state index in [1.54, 1.807) is 29.2 Å². The zero-order valence-electron chi connectivity index (χ0n) is 17.6. The monoisotopic (exact) mass is 416 g/mol. The highest BCUT2D eigenvalue weighted by atomic mass is 16.2. The summed E-state index contributed by atoms with van der Waals surface area (Å²) >= 11 is 0. The van der Waals surface area contributed by atoms with Crippen LogP contribution in [0.1, 0.15) is 45.5 Å². The Kier molecular flexibility index (Phi) is 5.24. The van der Waals surface area contributed by atoms with Gasteiger partial charge in [-0.3, -0.25) is 14.5 Å². The van der Waals surface area contributed by atoms with Gasteiger partial charge in [0.05, 0.1) is 18.2 Å². The van der Waals surface area contributed by atoms with Crippen LogP contribution in [0.4, 0.5) is 4.79 Å². The highest BCUT2D eigenvalue weighted by molar-refractivity contribution is 6.07. The summed E-state index contributed by atoms with van der Waals surface area (Å²) in [5, 5.41) is 11.8. The molecular weight excluding hydrogens is 392 g/mol. The second-order valence-electron chi connectivity index (χ2n) is 8.31. The van der Waals surface area contributed by atoms with Gasteiger partial charge in [-0.05, 0) is 62.1 Å². The Bertz CT molecular complexity index is 1090. The number of aryl methyl sites for hydroxylation is 2. The molecule has 7 nitrogen and oxygen atoms in total. The number of imide groups is 1. The molecule has 2 aromatic rings. The van der Waals surface area contributed by atoms with Gasteiger partial charge in [0, 0.05) is 18.7 Å². The van der Waals surface area contributed by atoms with Gasteiger partial charge < -0.3 is 10.2 Å². The van der Waals surface area contributed by atoms with Crippen molar-refractivity contribution in [3.63, 3.8) is 0 Å². The number of nitriles is 1. The number of carbonyl (C=O) groups is 3. The van der Waals surface area contributed by atoms with Crippen molar-refractivity contribution < 1.29 is 14.4 Å². The summed E-state index contributed by atoms with van der Waals surface area (Å²) < 4.78 is 0. The van der Waals surface area contributed by atoms with Crippen LogP contribution in [0.25, 0.3) is 0 Å². The van der Waals surface area contributed by atoms with E-state index >= 15 is 0 Å². The van der Waals surface area contributed by atoms with Crippen molar-refractivity contribution in [3.05, 3.63) is 70.3 Å². The summed E-state index contributed by atoms with van der Waals surface area (Å²) in [5.74, 6) is -0.354. The predicted molar refractivity (Wildman–Crippen MR) is 114 cm³/mol. The number of nitrogens with one attached hydrogen (secondary N) is 1. The number of piperidine rings is 1. The topological polar surface area (TPSA) is 93.5 Å². The quantitative estimate of drug-likeness (QED) is 0.779. The molecule has 0 atom stereocenters. The minimum absolute atomic E-state index is 0.136. The van der Waals surface area contributed by atoms with Crippen molar-refractivity contribution in [1.29, 1.82) is 5.26 Å². The SMILES string of the molecule is Cc1ccc(C)c(CN2C(=O)NC3(CCN(C(=O)c4ccc(C#N)cc4)CC3)C2=O)c1. The molecule has 2 aliphatic heterocycles. The largest absolute Gasteiger partial charge is 0.338 e. The lowest BCUT2D eigenvalue weighted by Crippen LogP contribution is -2.55. The van der Waals surface area contributed by atoms with E-state index < -0.39 is 5.54 Å². The summed E-state index contributed by atoms with van der Waals surface area (Å²) in [6, 6.07) is 14.2. The van der Waals surface area contributed by atoms with E-state index in [0.29, 0.717) is 37.1 Å². The van der Waals surface area contributed by atoms with Crippen molar-refractivity contribution in [3.8, 4) is 6.07 Å². The summed E-state index contributed by atoms with van der Waals surface area (Å²) in [6.07, 6.45) is 0.756. The van der Waals surface area contributed by atoms with Crippen molar-refractivity contribution in [2.75, 3.05) is 13.1 Å². The fraction of sp³-hybridized carbons (Fsp3) is 0.333. The molecule has 31 heavy (non-hydrogen) atoms. The molecule has 4 rings (SSSR count). The van der Waals surface area contributed by atoms with Gasteiger partial charge in [0.1, 0.15) is 5.54 Å². The van der Waals surface area contributed by atoms with Crippen LogP contribution in [-0.4, -0.2) is 46.3 Å². The number of carbonyl (C=O) groups excluding carboxylic acids is 3. The number of nitrogens with zero attached hydrogens (tertiary/aromatic N) is 3. The fourth-order valence-corrected chi connectivity index (χ4v) is 4.26. The Hall–Kier alpha value is -3.66. The molecule has 2 aromatic carbocycles. The Morgan fingerprint density at radius 2 is 1.77 bits per heavy atom. The second kappa shape index (κ2) is 7.88. The van der Waals surface area contributed by atoms with Crippen LogP contribution >= 0.6 is 0 Å². The number of urea groups is 1. The van der Waals surface area contributed by atoms with E-state index in [0.717, 1.165) is 16.7 Å². The highest BCUT2D eigenvalue weighted by Crippen LogP contribution is 2.31. The Labute approximate surface area is 181 Å². The first-order valence-electron chi connectivity index (χ1n) is 10.3. The maximum atomic E-state index is 13.2. The molecule has 0 aromatic heterocycles. The maximum Gasteiger partial charge on any atom is 0.325 e. The van der Waals surface area contributed by atoms with Gasteiger partial charge in [-0.25, -0.2) is 4.79 Å². The zero-order chi connectivity index (χ0) is 22.2. The van der Waals surface area contributed by atoms with Crippen LogP contribution < -0.4 is 5.32 Å². The molecule has 0 bridgehead atoms. The first-order valence-corrected chi connectivity index (χ1v) is 10.3. The molecule has 0 unspecified atom stereocenters. The predicted octanol–water partition coefficient (Wildman–Crippen LogP) is 2.90. The third-order valence-corrected chi connectivity index (χ3v) is 6.24. The van der Waals surface area contributed by atoms with E-state index in [2.05, 4.69) is 5.32 Å². The third kappa shape index (κ3) is 3.77. The van der Waals surface area contributed by atoms with Gasteiger partial charge in [-0.15, -0.1) is 0 Å². The second-order valence-corrected chi connectivity index (χ2v) is 8.31. The van der Waals surface area contributed by atoms with Crippen molar-refractivity contribution in [2.45, 2.75) is 38.8 Å². The van der Waals surface area contributed by atoms with Crippen LogP contribution in [-0.2, 0) is 11.3 Å². The molecule has 1 N–H and O–H groups in total. The van der Waals surface area contributed by atoms with Gasteiger partial charge in [0.25, 0.3) is 11.8 Å². The Balaban J connectivity index is 1.45. The summed E-state index contributed by atoms with van der Waals surface area (Å²) in [6.45, 7) is 4.95. The number of rotatable bonds is 3. The summed E-state index contributed by atoms with van der Waals surface area (Å²) in [4.78, 5) is 41.6. The minimum Gasteiger partial charge on any atom is -0.338 e. The molecule has 158 valence electrons. The fourth-order valence-electron chi connectivity index (χ4n) is 4.26. The standard InChI is InChI=1S/C24H24N4O3/c1-16-3-4-17(2)20(13-16)15-28-22(30)24(26-23(28)31)9-11-27(12-10-24)21(29)19-7-5-18(14-25)6-8-19/h3-8,13H,9-12,15H2,1-2H3,(H,26,31). The number of amides is 4. The van der Waals surface area contributed by atoms with Crippen LogP contribution in [0.2, 0.25) is 0 Å². The molecule has 1 spiro atoms. The molecule has 2 heterocycles.